The van der Waals surface area contributed by atoms with Crippen LogP contribution in [0.4, 0.5) is 11.4 Å². The first-order chi connectivity index (χ1) is 19.3. The van der Waals surface area contributed by atoms with Gasteiger partial charge in [-0.1, -0.05) is 29.8 Å². The zero-order chi connectivity index (χ0) is 28.0. The molecule has 0 bridgehead atoms. The Labute approximate surface area is 232 Å². The molecule has 2 N–H and O–H groups in total. The van der Waals surface area contributed by atoms with Crippen molar-refractivity contribution in [2.24, 2.45) is 0 Å². The van der Waals surface area contributed by atoms with Crippen molar-refractivity contribution >= 4 is 28.1 Å². The van der Waals surface area contributed by atoms with Gasteiger partial charge in [0.25, 0.3) is 0 Å². The zero-order valence-electron chi connectivity index (χ0n) is 23.0. The molecule has 0 fully saturated rings. The Morgan fingerprint density at radius 3 is 2.52 bits per heavy atom. The molecular weight excluding hydrogens is 504 g/mol. The van der Waals surface area contributed by atoms with Crippen molar-refractivity contribution in [3.8, 4) is 11.5 Å². The highest BCUT2D eigenvalue weighted by Gasteiger charge is 2.37. The highest BCUT2D eigenvalue weighted by molar-refractivity contribution is 6.01. The topological polar surface area (TPSA) is 89.8 Å². The number of anilines is 2. The molecule has 0 radical (unpaired) electrons. The largest absolute Gasteiger partial charge is 0.493 e. The number of nitrogens with one attached hydrogen (secondary N) is 2. The lowest BCUT2D eigenvalue weighted by Gasteiger charge is -2.30. The fourth-order valence-corrected chi connectivity index (χ4v) is 5.71. The quantitative estimate of drug-likeness (QED) is 0.287. The van der Waals surface area contributed by atoms with E-state index in [-0.39, 0.29) is 23.2 Å². The van der Waals surface area contributed by atoms with Gasteiger partial charge in [0.15, 0.2) is 22.7 Å². The summed E-state index contributed by atoms with van der Waals surface area (Å²) in [6.07, 6.45) is 2.41. The number of Topliss-reactive ketones (excluding diaryl/α,β-unsaturated/α-hetero) is 1. The predicted molar refractivity (Wildman–Crippen MR) is 156 cm³/mol. The monoisotopic (exact) mass is 536 g/mol. The third kappa shape index (κ3) is 4.62. The minimum Gasteiger partial charge on any atom is -0.493 e. The van der Waals surface area contributed by atoms with Gasteiger partial charge in [-0.2, -0.15) is 0 Å². The van der Waals surface area contributed by atoms with Gasteiger partial charge in [0.2, 0.25) is 0 Å². The second-order valence-electron chi connectivity index (χ2n) is 10.8. The highest BCUT2D eigenvalue weighted by Crippen LogP contribution is 2.45. The first-order valence-corrected chi connectivity index (χ1v) is 13.6. The Morgan fingerprint density at radius 1 is 0.950 bits per heavy atom. The normalized spacial score (nSPS) is 18.5. The van der Waals surface area contributed by atoms with Gasteiger partial charge in [0, 0.05) is 17.7 Å². The number of carbonyl (C=O) groups is 1. The summed E-state index contributed by atoms with van der Waals surface area (Å²) in [5, 5.41) is 7.52. The molecule has 7 nitrogen and oxygen atoms in total. The summed E-state index contributed by atoms with van der Waals surface area (Å²) in [5.74, 6) is 1.23. The number of allylic oxidation sites excluding steroid dienone is 1. The molecular formula is C33H32N2O5. The van der Waals surface area contributed by atoms with E-state index in [1.807, 2.05) is 75.4 Å². The molecule has 0 saturated carbocycles. The van der Waals surface area contributed by atoms with Gasteiger partial charge >= 0.3 is 0 Å². The molecule has 3 aromatic carbocycles. The van der Waals surface area contributed by atoms with E-state index in [1.54, 1.807) is 13.2 Å². The standard InChI is InChI=1S/C33H32N2O5/c1-18(2)40-29-12-10-20(16-30(29)38-4)21-14-26-31(27(36)15-21)32(35-25-8-6-5-7-24(25)34-26)23-17-39-28-11-9-19(3)13-22(28)33(23)37/h5-13,16-18,21,32,34-35H,14-15H2,1-4H3. The van der Waals surface area contributed by atoms with Crippen LogP contribution in [0.3, 0.4) is 0 Å². The maximum absolute atomic E-state index is 14.0. The first-order valence-electron chi connectivity index (χ1n) is 13.6. The van der Waals surface area contributed by atoms with Gasteiger partial charge in [-0.05, 0) is 75.1 Å². The van der Waals surface area contributed by atoms with E-state index in [0.717, 1.165) is 28.2 Å². The van der Waals surface area contributed by atoms with Crippen LogP contribution >= 0.6 is 0 Å². The van der Waals surface area contributed by atoms with Gasteiger partial charge in [0.05, 0.1) is 41.6 Å². The van der Waals surface area contributed by atoms with Crippen molar-refractivity contribution in [2.45, 2.75) is 51.7 Å². The summed E-state index contributed by atoms with van der Waals surface area (Å²) in [7, 11) is 1.62. The third-order valence-electron chi connectivity index (χ3n) is 7.60. The van der Waals surface area contributed by atoms with Crippen LogP contribution in [0, 0.1) is 6.92 Å². The zero-order valence-corrected chi connectivity index (χ0v) is 23.0. The van der Waals surface area contributed by atoms with Crippen molar-refractivity contribution in [3.63, 3.8) is 0 Å². The number of rotatable bonds is 5. The number of ketones is 1. The molecule has 0 spiro atoms. The van der Waals surface area contributed by atoms with Crippen molar-refractivity contribution in [2.75, 3.05) is 17.7 Å². The fraction of sp³-hybridized carbons (Fsp3) is 0.273. The van der Waals surface area contributed by atoms with Crippen LogP contribution in [-0.2, 0) is 4.79 Å². The van der Waals surface area contributed by atoms with Crippen molar-refractivity contribution < 1.29 is 18.7 Å². The summed E-state index contributed by atoms with van der Waals surface area (Å²) < 4.78 is 17.4. The number of methoxy groups -OCH3 is 1. The minimum absolute atomic E-state index is 0.0140. The molecule has 2 aliphatic rings. The van der Waals surface area contributed by atoms with Crippen molar-refractivity contribution in [3.05, 3.63) is 105 Å². The van der Waals surface area contributed by atoms with Crippen LogP contribution in [0.2, 0.25) is 0 Å². The van der Waals surface area contributed by atoms with Crippen LogP contribution in [-0.4, -0.2) is 19.0 Å². The lowest BCUT2D eigenvalue weighted by Crippen LogP contribution is -2.29. The first kappa shape index (κ1) is 25.7. The molecule has 1 aliphatic carbocycles. The molecule has 40 heavy (non-hydrogen) atoms. The Bertz CT molecular complexity index is 1720. The van der Waals surface area contributed by atoms with E-state index in [9.17, 15) is 9.59 Å². The second kappa shape index (κ2) is 10.2. The third-order valence-corrected chi connectivity index (χ3v) is 7.60. The lowest BCUT2D eigenvalue weighted by molar-refractivity contribution is -0.116. The molecule has 4 aromatic rings. The Balaban J connectivity index is 1.45. The van der Waals surface area contributed by atoms with E-state index in [4.69, 9.17) is 13.9 Å². The van der Waals surface area contributed by atoms with Gasteiger partial charge in [-0.25, -0.2) is 0 Å². The number of aryl methyl sites for hydroxylation is 1. The number of ether oxygens (including phenoxy) is 2. The van der Waals surface area contributed by atoms with E-state index < -0.39 is 6.04 Å². The van der Waals surface area contributed by atoms with Gasteiger partial charge in [-0.3, -0.25) is 9.59 Å². The van der Waals surface area contributed by atoms with E-state index in [2.05, 4.69) is 10.6 Å². The summed E-state index contributed by atoms with van der Waals surface area (Å²) >= 11 is 0. The minimum atomic E-state index is -0.655. The van der Waals surface area contributed by atoms with E-state index >= 15 is 0 Å². The number of hydrogen-bond acceptors (Lipinski definition) is 7. The summed E-state index contributed by atoms with van der Waals surface area (Å²) in [5.41, 5.74) is 5.78. The van der Waals surface area contributed by atoms with E-state index in [1.165, 1.54) is 6.26 Å². The molecule has 2 atom stereocenters. The van der Waals surface area contributed by atoms with Crippen LogP contribution in [0.1, 0.15) is 55.3 Å². The smallest absolute Gasteiger partial charge is 0.198 e. The van der Waals surface area contributed by atoms with E-state index in [0.29, 0.717) is 46.4 Å². The molecule has 204 valence electrons. The molecule has 0 saturated heterocycles. The van der Waals surface area contributed by atoms with Crippen LogP contribution in [0.5, 0.6) is 11.5 Å². The number of benzene rings is 3. The SMILES string of the molecule is COc1cc(C2CC(=O)C3=C(C2)Nc2ccccc2NC3c2coc3ccc(C)cc3c2=O)ccc1OC(C)C. The molecule has 2 unspecified atom stereocenters. The average molecular weight is 537 g/mol. The average Bonchev–Trinajstić information content (AvgIpc) is 3.10. The van der Waals surface area contributed by atoms with Crippen molar-refractivity contribution in [1.82, 2.24) is 0 Å². The second-order valence-corrected chi connectivity index (χ2v) is 10.8. The maximum atomic E-state index is 14.0. The summed E-state index contributed by atoms with van der Waals surface area (Å²) in [4.78, 5) is 27.7. The lowest BCUT2D eigenvalue weighted by atomic mass is 9.78. The van der Waals surface area contributed by atoms with Crippen molar-refractivity contribution in [1.29, 1.82) is 0 Å². The number of carbonyl (C=O) groups excluding carboxylic acids is 1. The Hall–Kier alpha value is -4.52. The van der Waals surface area contributed by atoms with Crippen LogP contribution in [0.15, 0.2) is 87.4 Å². The number of para-hydroxylation sites is 2. The van der Waals surface area contributed by atoms with Gasteiger partial charge < -0.3 is 24.5 Å². The fourth-order valence-electron chi connectivity index (χ4n) is 5.71. The Morgan fingerprint density at radius 2 is 1.75 bits per heavy atom. The summed E-state index contributed by atoms with van der Waals surface area (Å²) in [6.45, 7) is 5.88. The molecule has 2 heterocycles. The molecule has 1 aliphatic heterocycles. The summed E-state index contributed by atoms with van der Waals surface area (Å²) in [6, 6.07) is 18.6. The number of hydrogen-bond donors (Lipinski definition) is 2. The maximum Gasteiger partial charge on any atom is 0.198 e. The molecule has 0 amide bonds. The van der Waals surface area contributed by atoms with Crippen LogP contribution in [0.25, 0.3) is 11.0 Å². The van der Waals surface area contributed by atoms with Gasteiger partial charge in [-0.15, -0.1) is 0 Å². The van der Waals surface area contributed by atoms with Crippen LogP contribution < -0.4 is 25.5 Å². The molecule has 7 heteroatoms. The predicted octanol–water partition coefficient (Wildman–Crippen LogP) is 6.88. The molecule has 6 rings (SSSR count). The van der Waals surface area contributed by atoms with Gasteiger partial charge in [0.1, 0.15) is 11.8 Å². The number of fused-ring (bicyclic) bond motifs is 2. The Kier molecular flexibility index (Phi) is 6.58. The highest BCUT2D eigenvalue weighted by atomic mass is 16.5. The molecule has 1 aromatic heterocycles.